The predicted molar refractivity (Wildman–Crippen MR) is 60.6 cm³/mol. The zero-order valence-electron chi connectivity index (χ0n) is 8.99. The second kappa shape index (κ2) is 3.74. The van der Waals surface area contributed by atoms with Gasteiger partial charge in [-0.2, -0.15) is 5.10 Å². The van der Waals surface area contributed by atoms with Crippen molar-refractivity contribution in [2.75, 3.05) is 6.54 Å². The van der Waals surface area contributed by atoms with E-state index in [1.807, 2.05) is 18.7 Å². The molecule has 0 amide bonds. The Balaban J connectivity index is 2.47. The van der Waals surface area contributed by atoms with Gasteiger partial charge in [0.2, 0.25) is 6.54 Å². The zero-order chi connectivity index (χ0) is 10.8. The molecule has 1 heterocycles. The van der Waals surface area contributed by atoms with Gasteiger partial charge in [-0.1, -0.05) is 6.07 Å². The fraction of sp³-hybridized carbons (Fsp3) is 0.333. The molecule has 0 unspecified atom stereocenters. The van der Waals surface area contributed by atoms with Gasteiger partial charge < -0.3 is 4.85 Å². The lowest BCUT2D eigenvalue weighted by Crippen LogP contribution is -1.90. The number of aromatic nitrogens is 2. The first-order valence-electron chi connectivity index (χ1n) is 4.98. The third-order valence-corrected chi connectivity index (χ3v) is 2.61. The molecule has 3 nitrogen and oxygen atoms in total. The molecule has 0 radical (unpaired) electrons. The monoisotopic (exact) mass is 199 g/mol. The lowest BCUT2D eigenvalue weighted by Gasteiger charge is -1.97. The number of aryl methyl sites for hydroxylation is 2. The van der Waals surface area contributed by atoms with Crippen molar-refractivity contribution in [2.45, 2.75) is 13.3 Å². The van der Waals surface area contributed by atoms with Gasteiger partial charge in [0.25, 0.3) is 0 Å². The van der Waals surface area contributed by atoms with Crippen molar-refractivity contribution >= 4 is 10.9 Å². The molecule has 3 heteroatoms. The number of hydrogen-bond donors (Lipinski definition) is 0. The maximum atomic E-state index is 6.77. The van der Waals surface area contributed by atoms with Crippen molar-refractivity contribution in [1.29, 1.82) is 0 Å². The molecule has 1 aromatic carbocycles. The van der Waals surface area contributed by atoms with Crippen molar-refractivity contribution in [3.05, 3.63) is 40.9 Å². The summed E-state index contributed by atoms with van der Waals surface area (Å²) >= 11 is 0. The van der Waals surface area contributed by atoms with Crippen LogP contribution in [-0.4, -0.2) is 16.3 Å². The summed E-state index contributed by atoms with van der Waals surface area (Å²) in [6, 6.07) is 6.30. The smallest absolute Gasteiger partial charge is 0.218 e. The number of benzene rings is 1. The molecule has 0 aliphatic rings. The zero-order valence-corrected chi connectivity index (χ0v) is 8.99. The first-order chi connectivity index (χ1) is 7.22. The molecule has 1 aromatic heterocycles. The Morgan fingerprint density at radius 2 is 2.27 bits per heavy atom. The second-order valence-electron chi connectivity index (χ2n) is 3.69. The Hall–Kier alpha value is -1.82. The summed E-state index contributed by atoms with van der Waals surface area (Å²) in [6.07, 6.45) is 0.827. The lowest BCUT2D eigenvalue weighted by molar-refractivity contribution is 0.783. The highest BCUT2D eigenvalue weighted by molar-refractivity contribution is 5.82. The van der Waals surface area contributed by atoms with Gasteiger partial charge in [0, 0.05) is 18.9 Å². The largest absolute Gasteiger partial charge is 0.317 e. The van der Waals surface area contributed by atoms with Gasteiger partial charge in [0.15, 0.2) is 0 Å². The van der Waals surface area contributed by atoms with Crippen LogP contribution in [0.4, 0.5) is 0 Å². The minimum atomic E-state index is 0.560. The lowest BCUT2D eigenvalue weighted by atomic mass is 10.1. The number of nitrogens with zero attached hydrogens (tertiary/aromatic N) is 3. The van der Waals surface area contributed by atoms with Gasteiger partial charge in [-0.05, 0) is 24.6 Å². The fourth-order valence-corrected chi connectivity index (χ4v) is 1.83. The Morgan fingerprint density at radius 3 is 3.00 bits per heavy atom. The molecule has 0 spiro atoms. The molecule has 0 saturated carbocycles. The third-order valence-electron chi connectivity index (χ3n) is 2.61. The molecule has 0 atom stereocenters. The Labute approximate surface area is 89.1 Å². The van der Waals surface area contributed by atoms with Crippen LogP contribution in [0.25, 0.3) is 15.7 Å². The second-order valence-corrected chi connectivity index (χ2v) is 3.69. The van der Waals surface area contributed by atoms with E-state index in [1.165, 1.54) is 10.9 Å². The van der Waals surface area contributed by atoms with E-state index in [2.05, 4.69) is 28.1 Å². The molecule has 0 fully saturated rings. The van der Waals surface area contributed by atoms with Crippen LogP contribution in [0, 0.1) is 13.5 Å². The molecule has 0 aliphatic carbocycles. The van der Waals surface area contributed by atoms with Gasteiger partial charge >= 0.3 is 0 Å². The molecular weight excluding hydrogens is 186 g/mol. The predicted octanol–water partition coefficient (Wildman–Crippen LogP) is 2.34. The van der Waals surface area contributed by atoms with E-state index in [-0.39, 0.29) is 0 Å². The van der Waals surface area contributed by atoms with Gasteiger partial charge in [-0.25, -0.2) is 6.57 Å². The van der Waals surface area contributed by atoms with Crippen LogP contribution in [0.15, 0.2) is 18.2 Å². The van der Waals surface area contributed by atoms with Crippen LogP contribution in [0.2, 0.25) is 0 Å². The Kier molecular flexibility index (Phi) is 2.42. The highest BCUT2D eigenvalue weighted by atomic mass is 15.3. The minimum absolute atomic E-state index is 0.560. The third kappa shape index (κ3) is 1.71. The van der Waals surface area contributed by atoms with Crippen molar-refractivity contribution < 1.29 is 0 Å². The van der Waals surface area contributed by atoms with Crippen LogP contribution in [-0.2, 0) is 13.5 Å². The van der Waals surface area contributed by atoms with E-state index in [4.69, 9.17) is 6.57 Å². The maximum Gasteiger partial charge on any atom is 0.218 e. The van der Waals surface area contributed by atoms with E-state index in [0.29, 0.717) is 6.54 Å². The summed E-state index contributed by atoms with van der Waals surface area (Å²) < 4.78 is 1.89. The van der Waals surface area contributed by atoms with Crippen molar-refractivity contribution in [2.24, 2.45) is 7.05 Å². The van der Waals surface area contributed by atoms with Crippen LogP contribution in [0.1, 0.15) is 11.3 Å². The molecule has 15 heavy (non-hydrogen) atoms. The highest BCUT2D eigenvalue weighted by Crippen LogP contribution is 2.19. The van der Waals surface area contributed by atoms with E-state index in [1.54, 1.807) is 0 Å². The molecular formula is C12H13N3. The average Bonchev–Trinajstić information content (AvgIpc) is 2.52. The van der Waals surface area contributed by atoms with Gasteiger partial charge in [0.1, 0.15) is 0 Å². The number of hydrogen-bond acceptors (Lipinski definition) is 1. The molecule has 0 bridgehead atoms. The molecule has 0 N–H and O–H groups in total. The van der Waals surface area contributed by atoms with E-state index < -0.39 is 0 Å². The van der Waals surface area contributed by atoms with Crippen molar-refractivity contribution in [1.82, 2.24) is 9.78 Å². The van der Waals surface area contributed by atoms with E-state index in [9.17, 15) is 0 Å². The summed E-state index contributed by atoms with van der Waals surface area (Å²) in [4.78, 5) is 3.37. The Morgan fingerprint density at radius 1 is 1.47 bits per heavy atom. The van der Waals surface area contributed by atoms with Crippen molar-refractivity contribution in [3.8, 4) is 0 Å². The van der Waals surface area contributed by atoms with Crippen LogP contribution >= 0.6 is 0 Å². The summed E-state index contributed by atoms with van der Waals surface area (Å²) in [5, 5.41) is 5.56. The first-order valence-corrected chi connectivity index (χ1v) is 4.98. The van der Waals surface area contributed by atoms with Gasteiger partial charge in [-0.3, -0.25) is 4.68 Å². The summed E-state index contributed by atoms with van der Waals surface area (Å²) in [7, 11) is 1.95. The van der Waals surface area contributed by atoms with E-state index in [0.717, 1.165) is 17.6 Å². The number of fused-ring (bicyclic) bond motifs is 1. The normalized spacial score (nSPS) is 10.5. The van der Waals surface area contributed by atoms with Crippen molar-refractivity contribution in [3.63, 3.8) is 0 Å². The molecule has 76 valence electrons. The quantitative estimate of drug-likeness (QED) is 0.680. The van der Waals surface area contributed by atoms with Crippen LogP contribution < -0.4 is 0 Å². The van der Waals surface area contributed by atoms with Crippen LogP contribution in [0.5, 0.6) is 0 Å². The number of rotatable bonds is 2. The Bertz CT molecular complexity index is 532. The minimum Gasteiger partial charge on any atom is -0.317 e. The molecule has 2 aromatic rings. The van der Waals surface area contributed by atoms with Gasteiger partial charge in [-0.15, -0.1) is 0 Å². The maximum absolute atomic E-state index is 6.77. The highest BCUT2D eigenvalue weighted by Gasteiger charge is 2.05. The molecule has 2 rings (SSSR count). The van der Waals surface area contributed by atoms with Gasteiger partial charge in [0.05, 0.1) is 11.2 Å². The fourth-order valence-electron chi connectivity index (χ4n) is 1.83. The standard InChI is InChI=1S/C12H13N3/c1-9-11-8-10(6-7-13-2)4-5-12(11)15(3)14-9/h4-5,8H,6-7H2,1,3H3. The topological polar surface area (TPSA) is 22.2 Å². The van der Waals surface area contributed by atoms with Crippen LogP contribution in [0.3, 0.4) is 0 Å². The SMILES string of the molecule is [C-]#[N+]CCc1ccc2c(c1)c(C)nn2C. The average molecular weight is 199 g/mol. The van der Waals surface area contributed by atoms with E-state index >= 15 is 0 Å². The molecule has 0 saturated heterocycles. The first kappa shape index (κ1) is 9.72. The molecule has 0 aliphatic heterocycles. The summed E-state index contributed by atoms with van der Waals surface area (Å²) in [5.41, 5.74) is 3.42. The summed E-state index contributed by atoms with van der Waals surface area (Å²) in [6.45, 7) is 9.35. The summed E-state index contributed by atoms with van der Waals surface area (Å²) in [5.74, 6) is 0.